The Morgan fingerprint density at radius 3 is 2.93 bits per heavy atom. The van der Waals surface area contributed by atoms with Crippen LogP contribution >= 0.6 is 0 Å². The highest BCUT2D eigenvalue weighted by atomic mass is 16.5. The van der Waals surface area contributed by atoms with Gasteiger partial charge in [-0.25, -0.2) is 4.79 Å². The first kappa shape index (κ1) is 12.9. The second-order valence-electron chi connectivity index (χ2n) is 2.89. The normalized spacial score (nSPS) is 12.7. The fraction of sp³-hybridized carbons (Fsp3) is 0.545. The van der Waals surface area contributed by atoms with Crippen molar-refractivity contribution in [1.29, 1.82) is 0 Å². The molecule has 0 saturated heterocycles. The summed E-state index contributed by atoms with van der Waals surface area (Å²) in [5, 5.41) is 9.12. The lowest BCUT2D eigenvalue weighted by Crippen LogP contribution is -2.00. The number of hydrogen-bond donors (Lipinski definition) is 1. The van der Waals surface area contributed by atoms with Gasteiger partial charge in [-0.15, -0.1) is 6.58 Å². The van der Waals surface area contributed by atoms with Crippen molar-refractivity contribution in [2.24, 2.45) is 0 Å². The first-order chi connectivity index (χ1) is 6.70. The molecule has 0 spiro atoms. The molecule has 0 unspecified atom stereocenters. The molecule has 0 aromatic heterocycles. The Kier molecular flexibility index (Phi) is 7.84. The predicted octanol–water partition coefficient (Wildman–Crippen LogP) is 1.82. The topological polar surface area (TPSA) is 46.5 Å². The molecule has 1 atom stereocenters. The van der Waals surface area contributed by atoms with Crippen molar-refractivity contribution < 1.29 is 14.6 Å². The lowest BCUT2D eigenvalue weighted by Gasteiger charge is -2.01. The van der Waals surface area contributed by atoms with Crippen LogP contribution in [0.5, 0.6) is 0 Å². The van der Waals surface area contributed by atoms with E-state index in [1.807, 2.05) is 0 Å². The number of rotatable bonds is 7. The van der Waals surface area contributed by atoms with Crippen LogP contribution in [0.2, 0.25) is 0 Å². The first-order valence-corrected chi connectivity index (χ1v) is 4.84. The molecule has 0 aromatic rings. The number of carbonyl (C=O) groups is 1. The molecule has 0 aliphatic rings. The lowest BCUT2D eigenvalue weighted by atomic mass is 10.1. The van der Waals surface area contributed by atoms with Crippen LogP contribution in [0.1, 0.15) is 26.2 Å². The van der Waals surface area contributed by atoms with E-state index in [1.54, 1.807) is 13.0 Å². The summed E-state index contributed by atoms with van der Waals surface area (Å²) in [6.07, 6.45) is 6.53. The van der Waals surface area contributed by atoms with Gasteiger partial charge < -0.3 is 9.84 Å². The van der Waals surface area contributed by atoms with E-state index < -0.39 is 6.10 Å². The van der Waals surface area contributed by atoms with Crippen LogP contribution in [-0.2, 0) is 9.53 Å². The molecule has 0 aromatic carbocycles. The van der Waals surface area contributed by atoms with Crippen LogP contribution in [-0.4, -0.2) is 23.8 Å². The van der Waals surface area contributed by atoms with Crippen molar-refractivity contribution in [2.75, 3.05) is 6.61 Å². The number of hydrogen-bond acceptors (Lipinski definition) is 3. The fourth-order valence-electron chi connectivity index (χ4n) is 0.933. The fourth-order valence-corrected chi connectivity index (χ4v) is 0.933. The van der Waals surface area contributed by atoms with Gasteiger partial charge in [0.2, 0.25) is 0 Å². The highest BCUT2D eigenvalue weighted by Crippen LogP contribution is 2.02. The predicted molar refractivity (Wildman–Crippen MR) is 55.8 cm³/mol. The van der Waals surface area contributed by atoms with Gasteiger partial charge in [0.1, 0.15) is 0 Å². The first-order valence-electron chi connectivity index (χ1n) is 4.84. The molecule has 1 N–H and O–H groups in total. The highest BCUT2D eigenvalue weighted by Gasteiger charge is 1.96. The Morgan fingerprint density at radius 1 is 1.64 bits per heavy atom. The molecular formula is C11H18O3. The minimum absolute atomic E-state index is 0.309. The average molecular weight is 198 g/mol. The molecule has 0 saturated carbocycles. The van der Waals surface area contributed by atoms with E-state index in [9.17, 15) is 4.79 Å². The molecule has 3 heteroatoms. The van der Waals surface area contributed by atoms with Crippen LogP contribution < -0.4 is 0 Å². The van der Waals surface area contributed by atoms with E-state index in [0.29, 0.717) is 13.0 Å². The molecule has 0 aliphatic heterocycles. The van der Waals surface area contributed by atoms with Gasteiger partial charge in [0, 0.05) is 6.08 Å². The second-order valence-corrected chi connectivity index (χ2v) is 2.89. The van der Waals surface area contributed by atoms with Gasteiger partial charge in [-0.2, -0.15) is 0 Å². The third kappa shape index (κ3) is 7.55. The molecule has 0 fully saturated rings. The number of aliphatic hydroxyl groups excluding tert-OH is 1. The average Bonchev–Trinajstić information content (AvgIpc) is 2.17. The molecule has 0 bridgehead atoms. The number of carbonyl (C=O) groups excluding carboxylic acids is 1. The number of unbranched alkanes of at least 4 members (excludes halogenated alkanes) is 1. The summed E-state index contributed by atoms with van der Waals surface area (Å²) in [6, 6.07) is 0. The maximum absolute atomic E-state index is 10.8. The van der Waals surface area contributed by atoms with E-state index in [2.05, 4.69) is 6.58 Å². The number of aliphatic hydroxyl groups is 1. The second kappa shape index (κ2) is 8.51. The van der Waals surface area contributed by atoms with Crippen LogP contribution in [0.4, 0.5) is 0 Å². The van der Waals surface area contributed by atoms with Crippen molar-refractivity contribution in [1.82, 2.24) is 0 Å². The van der Waals surface area contributed by atoms with E-state index in [4.69, 9.17) is 9.84 Å². The third-order valence-corrected chi connectivity index (χ3v) is 1.68. The minimum Gasteiger partial charge on any atom is -0.463 e. The van der Waals surface area contributed by atoms with Gasteiger partial charge in [0.05, 0.1) is 12.7 Å². The summed E-state index contributed by atoms with van der Waals surface area (Å²) in [5.41, 5.74) is 0. The largest absolute Gasteiger partial charge is 0.463 e. The van der Waals surface area contributed by atoms with E-state index in [1.165, 1.54) is 12.2 Å². The van der Waals surface area contributed by atoms with E-state index >= 15 is 0 Å². The van der Waals surface area contributed by atoms with Gasteiger partial charge in [0.25, 0.3) is 0 Å². The molecule has 14 heavy (non-hydrogen) atoms. The van der Waals surface area contributed by atoms with E-state index in [-0.39, 0.29) is 5.97 Å². The maximum atomic E-state index is 10.8. The standard InChI is InChI=1S/C11H18O3/c1-3-10(12)8-6-5-7-9-11(13)14-4-2/h3,7,9-10,12H,1,4-6,8H2,2H3/b9-7+/t10-/m1/s1. The van der Waals surface area contributed by atoms with Crippen molar-refractivity contribution >= 4 is 5.97 Å². The van der Waals surface area contributed by atoms with Gasteiger partial charge in [-0.1, -0.05) is 12.2 Å². The summed E-state index contributed by atoms with van der Waals surface area (Å²) in [5.74, 6) is -0.309. The number of ether oxygens (including phenoxy) is 1. The molecule has 0 amide bonds. The van der Waals surface area contributed by atoms with Crippen LogP contribution in [0.15, 0.2) is 24.8 Å². The van der Waals surface area contributed by atoms with Crippen LogP contribution in [0, 0.1) is 0 Å². The molecule has 0 heterocycles. The number of allylic oxidation sites excluding steroid dienone is 1. The van der Waals surface area contributed by atoms with Crippen LogP contribution in [0.3, 0.4) is 0 Å². The van der Waals surface area contributed by atoms with Crippen molar-refractivity contribution in [3.8, 4) is 0 Å². The zero-order valence-corrected chi connectivity index (χ0v) is 8.61. The summed E-state index contributed by atoms with van der Waals surface area (Å²) >= 11 is 0. The minimum atomic E-state index is -0.439. The monoisotopic (exact) mass is 198 g/mol. The Balaban J connectivity index is 3.43. The smallest absolute Gasteiger partial charge is 0.330 e. The van der Waals surface area contributed by atoms with Crippen molar-refractivity contribution in [2.45, 2.75) is 32.3 Å². The van der Waals surface area contributed by atoms with Crippen molar-refractivity contribution in [3.05, 3.63) is 24.8 Å². The van der Waals surface area contributed by atoms with E-state index in [0.717, 1.165) is 12.8 Å². The van der Waals surface area contributed by atoms with Crippen molar-refractivity contribution in [3.63, 3.8) is 0 Å². The lowest BCUT2D eigenvalue weighted by molar-refractivity contribution is -0.137. The summed E-state index contributed by atoms with van der Waals surface area (Å²) in [6.45, 7) is 5.64. The molecule has 0 aliphatic carbocycles. The van der Waals surface area contributed by atoms with Gasteiger partial charge >= 0.3 is 5.97 Å². The summed E-state index contributed by atoms with van der Waals surface area (Å²) < 4.78 is 4.70. The molecule has 0 rings (SSSR count). The zero-order valence-electron chi connectivity index (χ0n) is 8.61. The maximum Gasteiger partial charge on any atom is 0.330 e. The Bertz CT molecular complexity index is 197. The molecule has 80 valence electrons. The van der Waals surface area contributed by atoms with Gasteiger partial charge in [0.15, 0.2) is 0 Å². The number of esters is 1. The Morgan fingerprint density at radius 2 is 2.36 bits per heavy atom. The summed E-state index contributed by atoms with van der Waals surface area (Å²) in [4.78, 5) is 10.8. The SMILES string of the molecule is C=C[C@@H](O)CCC/C=C/C(=O)OCC. The third-order valence-electron chi connectivity index (χ3n) is 1.68. The quantitative estimate of drug-likeness (QED) is 0.294. The molecule has 3 nitrogen and oxygen atoms in total. The van der Waals surface area contributed by atoms with Gasteiger partial charge in [-0.3, -0.25) is 0 Å². The van der Waals surface area contributed by atoms with Crippen LogP contribution in [0.25, 0.3) is 0 Å². The summed E-state index contributed by atoms with van der Waals surface area (Å²) in [7, 11) is 0. The molecule has 0 radical (unpaired) electrons. The highest BCUT2D eigenvalue weighted by molar-refractivity contribution is 5.81. The molecular weight excluding hydrogens is 180 g/mol. The Hall–Kier alpha value is -1.09. The van der Waals surface area contributed by atoms with Gasteiger partial charge in [-0.05, 0) is 26.2 Å². The zero-order chi connectivity index (χ0) is 10.8. The Labute approximate surface area is 85.1 Å².